The number of phenols is 1. The highest BCUT2D eigenvalue weighted by Gasteiger charge is 2.37. The maximum Gasteiger partial charge on any atom is 0.261 e. The van der Waals surface area contributed by atoms with Crippen LogP contribution in [0.5, 0.6) is 5.75 Å². The summed E-state index contributed by atoms with van der Waals surface area (Å²) in [5, 5.41) is 20.9. The summed E-state index contributed by atoms with van der Waals surface area (Å²) in [7, 11) is 0. The van der Waals surface area contributed by atoms with Crippen molar-refractivity contribution in [2.24, 2.45) is 0 Å². The third-order valence-electron chi connectivity index (χ3n) is 5.59. The van der Waals surface area contributed by atoms with Crippen molar-refractivity contribution in [3.63, 3.8) is 0 Å². The molecule has 2 aliphatic rings. The van der Waals surface area contributed by atoms with Gasteiger partial charge in [0.05, 0.1) is 6.20 Å². The second-order valence-electron chi connectivity index (χ2n) is 7.60. The Labute approximate surface area is 183 Å². The predicted molar refractivity (Wildman–Crippen MR) is 117 cm³/mol. The van der Waals surface area contributed by atoms with Gasteiger partial charge in [0.25, 0.3) is 5.91 Å². The highest BCUT2D eigenvalue weighted by atomic mass is 35.5. The number of rotatable bonds is 3. The molecule has 156 valence electrons. The summed E-state index contributed by atoms with van der Waals surface area (Å²) in [6.07, 6.45) is 3.46. The van der Waals surface area contributed by atoms with Crippen LogP contribution in [-0.2, 0) is 4.79 Å². The molecule has 2 aromatic carbocycles. The first-order chi connectivity index (χ1) is 15.0. The number of Topliss-reactive ketones (excluding diaryl/α,β-unsaturated/α-hetero) is 1. The van der Waals surface area contributed by atoms with E-state index in [9.17, 15) is 14.7 Å². The van der Waals surface area contributed by atoms with Crippen molar-refractivity contribution < 1.29 is 14.7 Å². The van der Waals surface area contributed by atoms with Crippen LogP contribution in [0.2, 0.25) is 5.02 Å². The van der Waals surface area contributed by atoms with Crippen LogP contribution in [0.15, 0.2) is 66.0 Å². The highest BCUT2D eigenvalue weighted by molar-refractivity contribution is 6.30. The van der Waals surface area contributed by atoms with Gasteiger partial charge < -0.3 is 15.7 Å². The molecule has 1 aliphatic carbocycles. The van der Waals surface area contributed by atoms with Gasteiger partial charge in [-0.05, 0) is 54.8 Å². The van der Waals surface area contributed by atoms with E-state index in [1.165, 1.54) is 6.20 Å². The minimum atomic E-state index is -0.461. The van der Waals surface area contributed by atoms with Crippen molar-refractivity contribution in [2.75, 3.05) is 10.6 Å². The zero-order valence-electron chi connectivity index (χ0n) is 16.4. The van der Waals surface area contributed by atoms with Gasteiger partial charge in [0.2, 0.25) is 0 Å². The van der Waals surface area contributed by atoms with E-state index in [1.54, 1.807) is 53.2 Å². The number of allylic oxidation sites excluding steroid dienone is 2. The molecule has 8 heteroatoms. The normalized spacial score (nSPS) is 17.6. The first kappa shape index (κ1) is 19.4. The number of anilines is 2. The van der Waals surface area contributed by atoms with Gasteiger partial charge in [-0.15, -0.1) is 0 Å². The standard InChI is InChI=1S/C23H19ClN4O3/c24-14-6-8-15(9-7-14)26-23(31)17-12-25-28-21(13-4-10-16(29)11-5-13)20-18(27-22(17)28)2-1-3-19(20)30/h4-12,21,27,29H,1-3H2,(H,26,31)/t21-/m0/s1. The van der Waals surface area contributed by atoms with Crippen LogP contribution in [0.3, 0.4) is 0 Å². The molecule has 3 N–H and O–H groups in total. The van der Waals surface area contributed by atoms with E-state index in [2.05, 4.69) is 15.7 Å². The van der Waals surface area contributed by atoms with Crippen molar-refractivity contribution in [2.45, 2.75) is 25.3 Å². The number of halogens is 1. The Morgan fingerprint density at radius 2 is 1.87 bits per heavy atom. The molecule has 1 atom stereocenters. The second-order valence-corrected chi connectivity index (χ2v) is 8.04. The molecule has 0 saturated carbocycles. The topological polar surface area (TPSA) is 96.2 Å². The summed E-state index contributed by atoms with van der Waals surface area (Å²) in [5.74, 6) is 0.440. The van der Waals surface area contributed by atoms with Gasteiger partial charge in [-0.2, -0.15) is 5.10 Å². The molecular formula is C23H19ClN4O3. The van der Waals surface area contributed by atoms with Crippen LogP contribution in [0.25, 0.3) is 0 Å². The fourth-order valence-electron chi connectivity index (χ4n) is 4.12. The van der Waals surface area contributed by atoms with Gasteiger partial charge in [-0.1, -0.05) is 23.7 Å². The SMILES string of the molecule is O=C1CCCC2=C1[C@H](c1ccc(O)cc1)n1ncc(C(=O)Nc3ccc(Cl)cc3)c1N2. The summed E-state index contributed by atoms with van der Waals surface area (Å²) in [4.78, 5) is 25.8. The lowest BCUT2D eigenvalue weighted by Gasteiger charge is -2.33. The van der Waals surface area contributed by atoms with E-state index < -0.39 is 6.04 Å². The number of aromatic nitrogens is 2. The zero-order chi connectivity index (χ0) is 21.5. The lowest BCUT2D eigenvalue weighted by Crippen LogP contribution is -2.32. The van der Waals surface area contributed by atoms with Gasteiger partial charge in [-0.25, -0.2) is 4.68 Å². The summed E-state index contributed by atoms with van der Waals surface area (Å²) >= 11 is 5.92. The largest absolute Gasteiger partial charge is 0.508 e. The number of nitrogens with zero attached hydrogens (tertiary/aromatic N) is 2. The second kappa shape index (κ2) is 7.59. The zero-order valence-corrected chi connectivity index (χ0v) is 17.2. The third kappa shape index (κ3) is 3.47. The molecule has 2 heterocycles. The van der Waals surface area contributed by atoms with E-state index in [4.69, 9.17) is 11.6 Å². The van der Waals surface area contributed by atoms with Crippen molar-refractivity contribution in [3.05, 3.63) is 82.1 Å². The summed E-state index contributed by atoms with van der Waals surface area (Å²) < 4.78 is 1.67. The van der Waals surface area contributed by atoms with Crippen molar-refractivity contribution in [1.82, 2.24) is 9.78 Å². The van der Waals surface area contributed by atoms with Crippen LogP contribution in [0, 0.1) is 0 Å². The molecule has 1 aromatic heterocycles. The minimum Gasteiger partial charge on any atom is -0.508 e. The molecular weight excluding hydrogens is 416 g/mol. The molecule has 1 aliphatic heterocycles. The first-order valence-electron chi connectivity index (χ1n) is 9.98. The highest BCUT2D eigenvalue weighted by Crippen LogP contribution is 2.41. The Kier molecular flexibility index (Phi) is 4.75. The number of nitrogens with one attached hydrogen (secondary N) is 2. The van der Waals surface area contributed by atoms with Gasteiger partial charge in [0, 0.05) is 28.4 Å². The third-order valence-corrected chi connectivity index (χ3v) is 5.85. The van der Waals surface area contributed by atoms with Crippen LogP contribution in [0.1, 0.15) is 41.2 Å². The van der Waals surface area contributed by atoms with Gasteiger partial charge >= 0.3 is 0 Å². The van der Waals surface area contributed by atoms with E-state index in [-0.39, 0.29) is 17.4 Å². The van der Waals surface area contributed by atoms with E-state index >= 15 is 0 Å². The Morgan fingerprint density at radius 3 is 2.61 bits per heavy atom. The summed E-state index contributed by atoms with van der Waals surface area (Å²) in [5.41, 5.74) is 3.30. The molecule has 0 fully saturated rings. The average Bonchev–Trinajstić information content (AvgIpc) is 3.18. The Balaban J connectivity index is 1.56. The maximum atomic E-state index is 13.0. The van der Waals surface area contributed by atoms with Gasteiger partial charge in [0.15, 0.2) is 5.78 Å². The Hall–Kier alpha value is -3.58. The number of amides is 1. The van der Waals surface area contributed by atoms with Crippen molar-refractivity contribution in [3.8, 4) is 5.75 Å². The van der Waals surface area contributed by atoms with E-state index in [0.29, 0.717) is 34.1 Å². The number of benzene rings is 2. The number of phenolic OH excluding ortho intramolecular Hbond substituents is 1. The molecule has 5 rings (SSSR count). The van der Waals surface area contributed by atoms with Crippen molar-refractivity contribution >= 4 is 34.8 Å². The fourth-order valence-corrected chi connectivity index (χ4v) is 4.25. The predicted octanol–water partition coefficient (Wildman–Crippen LogP) is 4.52. The average molecular weight is 435 g/mol. The lowest BCUT2D eigenvalue weighted by atomic mass is 9.85. The monoisotopic (exact) mass is 434 g/mol. The van der Waals surface area contributed by atoms with Crippen LogP contribution >= 0.6 is 11.6 Å². The Bertz CT molecular complexity index is 1210. The molecule has 0 radical (unpaired) electrons. The van der Waals surface area contributed by atoms with Crippen LogP contribution in [-0.4, -0.2) is 26.6 Å². The quantitative estimate of drug-likeness (QED) is 0.563. The summed E-state index contributed by atoms with van der Waals surface area (Å²) in [6, 6.07) is 13.1. The number of carbonyl (C=O) groups excluding carboxylic acids is 2. The van der Waals surface area contributed by atoms with E-state index in [0.717, 1.165) is 24.1 Å². The number of aromatic hydroxyl groups is 1. The van der Waals surface area contributed by atoms with E-state index in [1.807, 2.05) is 0 Å². The lowest BCUT2D eigenvalue weighted by molar-refractivity contribution is -0.116. The number of hydrogen-bond acceptors (Lipinski definition) is 5. The van der Waals surface area contributed by atoms with Crippen LogP contribution in [0.4, 0.5) is 11.5 Å². The smallest absolute Gasteiger partial charge is 0.261 e. The maximum absolute atomic E-state index is 13.0. The fraction of sp³-hybridized carbons (Fsp3) is 0.174. The molecule has 0 bridgehead atoms. The minimum absolute atomic E-state index is 0.0696. The van der Waals surface area contributed by atoms with Gasteiger partial charge in [0.1, 0.15) is 23.2 Å². The number of fused-ring (bicyclic) bond motifs is 1. The molecule has 0 saturated heterocycles. The molecule has 1 amide bonds. The number of carbonyl (C=O) groups is 2. The Morgan fingerprint density at radius 1 is 1.13 bits per heavy atom. The summed E-state index contributed by atoms with van der Waals surface area (Å²) in [6.45, 7) is 0. The molecule has 31 heavy (non-hydrogen) atoms. The van der Waals surface area contributed by atoms with Crippen molar-refractivity contribution in [1.29, 1.82) is 0 Å². The van der Waals surface area contributed by atoms with Gasteiger partial charge in [-0.3, -0.25) is 9.59 Å². The molecule has 0 unspecified atom stereocenters. The number of ketones is 1. The first-order valence-corrected chi connectivity index (χ1v) is 10.4. The number of hydrogen-bond donors (Lipinski definition) is 3. The molecule has 0 spiro atoms. The van der Waals surface area contributed by atoms with Crippen LogP contribution < -0.4 is 10.6 Å². The molecule has 7 nitrogen and oxygen atoms in total. The molecule has 3 aromatic rings.